The Labute approximate surface area is 116 Å². The molecule has 0 saturated heterocycles. The normalized spacial score (nSPS) is 10.6. The summed E-state index contributed by atoms with van der Waals surface area (Å²) in [5.74, 6) is 0.230. The predicted octanol–water partition coefficient (Wildman–Crippen LogP) is 4.09. The minimum Gasteiger partial charge on any atom is -0.508 e. The van der Waals surface area contributed by atoms with Crippen molar-refractivity contribution in [1.82, 2.24) is 5.32 Å². The van der Waals surface area contributed by atoms with Gasteiger partial charge in [0.15, 0.2) is 0 Å². The van der Waals surface area contributed by atoms with E-state index >= 15 is 0 Å². The van der Waals surface area contributed by atoms with Crippen LogP contribution >= 0.6 is 23.2 Å². The van der Waals surface area contributed by atoms with E-state index in [2.05, 4.69) is 5.32 Å². The van der Waals surface area contributed by atoms with Crippen molar-refractivity contribution in [3.8, 4) is 16.9 Å². The summed E-state index contributed by atoms with van der Waals surface area (Å²) in [5, 5.41) is 13.9. The maximum Gasteiger partial charge on any atom is 0.116 e. The monoisotopic (exact) mass is 281 g/mol. The van der Waals surface area contributed by atoms with Crippen LogP contribution in [0.4, 0.5) is 0 Å². The van der Waals surface area contributed by atoms with E-state index in [9.17, 15) is 5.11 Å². The van der Waals surface area contributed by atoms with Crippen molar-refractivity contribution < 1.29 is 5.11 Å². The van der Waals surface area contributed by atoms with Crippen molar-refractivity contribution >= 4 is 23.2 Å². The van der Waals surface area contributed by atoms with Crippen LogP contribution in [0.3, 0.4) is 0 Å². The van der Waals surface area contributed by atoms with Crippen LogP contribution in [0.15, 0.2) is 36.4 Å². The van der Waals surface area contributed by atoms with Crippen molar-refractivity contribution in [2.24, 2.45) is 0 Å². The fourth-order valence-electron chi connectivity index (χ4n) is 1.87. The molecule has 2 nitrogen and oxygen atoms in total. The molecule has 0 spiro atoms. The molecular formula is C14H13Cl2NO. The lowest BCUT2D eigenvalue weighted by atomic mass is 10.0. The molecule has 0 radical (unpaired) electrons. The summed E-state index contributed by atoms with van der Waals surface area (Å²) in [4.78, 5) is 0. The van der Waals surface area contributed by atoms with E-state index in [0.29, 0.717) is 16.6 Å². The second-order valence-corrected chi connectivity index (χ2v) is 4.95. The maximum atomic E-state index is 9.73. The minimum absolute atomic E-state index is 0.230. The number of aromatic hydroxyl groups is 1. The molecular weight excluding hydrogens is 269 g/mol. The zero-order chi connectivity index (χ0) is 13.1. The van der Waals surface area contributed by atoms with E-state index in [4.69, 9.17) is 23.2 Å². The summed E-state index contributed by atoms with van der Waals surface area (Å²) in [5.41, 5.74) is 2.79. The van der Waals surface area contributed by atoms with Gasteiger partial charge in [-0.2, -0.15) is 0 Å². The molecule has 0 amide bonds. The van der Waals surface area contributed by atoms with Crippen LogP contribution in [0, 0.1) is 0 Å². The molecule has 0 fully saturated rings. The van der Waals surface area contributed by atoms with E-state index in [1.807, 2.05) is 25.2 Å². The van der Waals surface area contributed by atoms with Gasteiger partial charge >= 0.3 is 0 Å². The highest BCUT2D eigenvalue weighted by Gasteiger charge is 2.05. The zero-order valence-corrected chi connectivity index (χ0v) is 11.4. The van der Waals surface area contributed by atoms with Crippen LogP contribution < -0.4 is 5.32 Å². The molecule has 0 bridgehead atoms. The lowest BCUT2D eigenvalue weighted by Crippen LogP contribution is -2.04. The molecule has 0 aliphatic carbocycles. The quantitative estimate of drug-likeness (QED) is 0.888. The molecule has 0 saturated carbocycles. The van der Waals surface area contributed by atoms with Crippen LogP contribution in [0.25, 0.3) is 11.1 Å². The van der Waals surface area contributed by atoms with Crippen LogP contribution in [0.1, 0.15) is 5.56 Å². The molecule has 2 N–H and O–H groups in total. The van der Waals surface area contributed by atoms with Crippen LogP contribution in [-0.2, 0) is 6.54 Å². The summed E-state index contributed by atoms with van der Waals surface area (Å²) in [6.45, 7) is 0.690. The molecule has 0 aromatic heterocycles. The first-order chi connectivity index (χ1) is 8.58. The Morgan fingerprint density at radius 3 is 2.17 bits per heavy atom. The van der Waals surface area contributed by atoms with Crippen molar-refractivity contribution in [3.63, 3.8) is 0 Å². The first-order valence-corrected chi connectivity index (χ1v) is 6.28. The average Bonchev–Trinajstić information content (AvgIpc) is 2.27. The van der Waals surface area contributed by atoms with Crippen molar-refractivity contribution in [2.75, 3.05) is 7.05 Å². The van der Waals surface area contributed by atoms with E-state index in [-0.39, 0.29) is 5.75 Å². The van der Waals surface area contributed by atoms with Crippen molar-refractivity contribution in [3.05, 3.63) is 52.0 Å². The van der Waals surface area contributed by atoms with Gasteiger partial charge in [0.05, 0.1) is 0 Å². The Kier molecular flexibility index (Phi) is 4.12. The number of rotatable bonds is 3. The molecule has 0 aliphatic rings. The van der Waals surface area contributed by atoms with E-state index in [1.165, 1.54) is 0 Å². The molecule has 2 rings (SSSR count). The zero-order valence-electron chi connectivity index (χ0n) is 9.87. The van der Waals surface area contributed by atoms with Gasteiger partial charge in [-0.25, -0.2) is 0 Å². The van der Waals surface area contributed by atoms with Gasteiger partial charge in [0, 0.05) is 16.6 Å². The minimum atomic E-state index is 0.230. The first kappa shape index (κ1) is 13.2. The molecule has 0 aliphatic heterocycles. The first-order valence-electron chi connectivity index (χ1n) is 5.52. The molecule has 2 aromatic carbocycles. The third-order valence-corrected chi connectivity index (χ3v) is 2.99. The molecule has 18 heavy (non-hydrogen) atoms. The second-order valence-electron chi connectivity index (χ2n) is 4.08. The average molecular weight is 282 g/mol. The number of halogens is 2. The molecule has 0 heterocycles. The number of benzene rings is 2. The van der Waals surface area contributed by atoms with Gasteiger partial charge in [0.2, 0.25) is 0 Å². The van der Waals surface area contributed by atoms with Crippen LogP contribution in [-0.4, -0.2) is 12.2 Å². The number of phenolic OH excluding ortho intramolecular Hbond substituents is 1. The maximum absolute atomic E-state index is 9.73. The highest BCUT2D eigenvalue weighted by atomic mass is 35.5. The van der Waals surface area contributed by atoms with E-state index < -0.39 is 0 Å². The van der Waals surface area contributed by atoms with E-state index in [1.54, 1.807) is 18.2 Å². The van der Waals surface area contributed by atoms with Gasteiger partial charge in [-0.05, 0) is 60.1 Å². The third-order valence-electron chi connectivity index (χ3n) is 2.55. The van der Waals surface area contributed by atoms with Gasteiger partial charge in [-0.3, -0.25) is 0 Å². The summed E-state index contributed by atoms with van der Waals surface area (Å²) in [6, 6.07) is 10.8. The standard InChI is InChI=1S/C14H13Cl2NO/c1-17-8-9-2-10(6-14(18)3-9)11-4-12(15)7-13(16)5-11/h2-7,17-18H,8H2,1H3. The highest BCUT2D eigenvalue weighted by molar-refractivity contribution is 6.35. The molecule has 94 valence electrons. The second kappa shape index (κ2) is 5.61. The molecule has 0 unspecified atom stereocenters. The highest BCUT2D eigenvalue weighted by Crippen LogP contribution is 2.30. The Hall–Kier alpha value is -1.22. The topological polar surface area (TPSA) is 32.3 Å². The summed E-state index contributed by atoms with van der Waals surface area (Å²) in [6.07, 6.45) is 0. The lowest BCUT2D eigenvalue weighted by Gasteiger charge is -2.08. The number of nitrogens with one attached hydrogen (secondary N) is 1. The molecule has 4 heteroatoms. The fraction of sp³-hybridized carbons (Fsp3) is 0.143. The van der Waals surface area contributed by atoms with E-state index in [0.717, 1.165) is 16.7 Å². The largest absolute Gasteiger partial charge is 0.508 e. The third kappa shape index (κ3) is 3.16. The summed E-state index contributed by atoms with van der Waals surface area (Å²) < 4.78 is 0. The van der Waals surface area contributed by atoms with Gasteiger partial charge in [0.25, 0.3) is 0 Å². The van der Waals surface area contributed by atoms with Gasteiger partial charge in [-0.1, -0.05) is 23.2 Å². The summed E-state index contributed by atoms with van der Waals surface area (Å²) in [7, 11) is 1.86. The van der Waals surface area contributed by atoms with Gasteiger partial charge in [0.1, 0.15) is 5.75 Å². The van der Waals surface area contributed by atoms with Gasteiger partial charge in [-0.15, -0.1) is 0 Å². The fourth-order valence-corrected chi connectivity index (χ4v) is 2.39. The van der Waals surface area contributed by atoms with Crippen LogP contribution in [0.5, 0.6) is 5.75 Å². The SMILES string of the molecule is CNCc1cc(O)cc(-c2cc(Cl)cc(Cl)c2)c1. The number of hydrogen-bond acceptors (Lipinski definition) is 2. The van der Waals surface area contributed by atoms with Crippen molar-refractivity contribution in [2.45, 2.75) is 6.54 Å². The smallest absolute Gasteiger partial charge is 0.116 e. The Morgan fingerprint density at radius 1 is 0.944 bits per heavy atom. The molecule has 2 aromatic rings. The Morgan fingerprint density at radius 2 is 1.56 bits per heavy atom. The van der Waals surface area contributed by atoms with Crippen LogP contribution in [0.2, 0.25) is 10.0 Å². The Bertz CT molecular complexity index is 549. The predicted molar refractivity (Wildman–Crippen MR) is 76.3 cm³/mol. The number of hydrogen-bond donors (Lipinski definition) is 2. The Balaban J connectivity index is 2.49. The number of phenols is 1. The molecule has 0 atom stereocenters. The summed E-state index contributed by atoms with van der Waals surface area (Å²) >= 11 is 12.0. The van der Waals surface area contributed by atoms with Crippen molar-refractivity contribution in [1.29, 1.82) is 0 Å². The van der Waals surface area contributed by atoms with Gasteiger partial charge < -0.3 is 10.4 Å². The lowest BCUT2D eigenvalue weighted by molar-refractivity contribution is 0.474.